The van der Waals surface area contributed by atoms with Crippen molar-refractivity contribution in [3.8, 4) is 11.5 Å². The van der Waals surface area contributed by atoms with Crippen LogP contribution < -0.4 is 15.2 Å². The van der Waals surface area contributed by atoms with Crippen molar-refractivity contribution < 1.29 is 14.3 Å². The van der Waals surface area contributed by atoms with E-state index >= 15 is 0 Å². The standard InChI is InChI=1S/C17H25ClN2O3/c1-4-23-16-14(18)8-12(9-15(16)22-3)17(21)20-6-5-11(2)7-13(20)10-19/h8-9,11,13H,4-7,10,19H2,1-3H3. The van der Waals surface area contributed by atoms with Crippen LogP contribution in [0.25, 0.3) is 0 Å². The van der Waals surface area contributed by atoms with Crippen molar-refractivity contribution in [2.45, 2.75) is 32.7 Å². The van der Waals surface area contributed by atoms with Crippen LogP contribution in [0.15, 0.2) is 12.1 Å². The molecule has 1 fully saturated rings. The molecule has 1 aliphatic rings. The van der Waals surface area contributed by atoms with Crippen LogP contribution in [0.1, 0.15) is 37.0 Å². The van der Waals surface area contributed by atoms with Gasteiger partial charge in [0.25, 0.3) is 5.91 Å². The number of amides is 1. The molecule has 5 nitrogen and oxygen atoms in total. The number of nitrogens with zero attached hydrogens (tertiary/aromatic N) is 1. The molecule has 0 spiro atoms. The molecule has 2 rings (SSSR count). The number of ether oxygens (including phenoxy) is 2. The van der Waals surface area contributed by atoms with Gasteiger partial charge in [-0.2, -0.15) is 0 Å². The van der Waals surface area contributed by atoms with Crippen molar-refractivity contribution in [2.75, 3.05) is 26.8 Å². The first kappa shape index (κ1) is 17.9. The van der Waals surface area contributed by atoms with Crippen LogP contribution in [0.5, 0.6) is 11.5 Å². The van der Waals surface area contributed by atoms with Crippen molar-refractivity contribution in [1.29, 1.82) is 0 Å². The minimum absolute atomic E-state index is 0.0596. The minimum atomic E-state index is -0.0596. The van der Waals surface area contributed by atoms with E-state index in [2.05, 4.69) is 6.92 Å². The van der Waals surface area contributed by atoms with Crippen molar-refractivity contribution in [1.82, 2.24) is 4.90 Å². The minimum Gasteiger partial charge on any atom is -0.493 e. The lowest BCUT2D eigenvalue weighted by atomic mass is 9.92. The molecule has 0 bridgehead atoms. The smallest absolute Gasteiger partial charge is 0.254 e. The van der Waals surface area contributed by atoms with E-state index < -0.39 is 0 Å². The number of likely N-dealkylation sites (tertiary alicyclic amines) is 1. The van der Waals surface area contributed by atoms with Crippen LogP contribution in [0.4, 0.5) is 0 Å². The highest BCUT2D eigenvalue weighted by molar-refractivity contribution is 6.32. The van der Waals surface area contributed by atoms with E-state index in [0.29, 0.717) is 41.2 Å². The Morgan fingerprint density at radius 1 is 1.48 bits per heavy atom. The van der Waals surface area contributed by atoms with Crippen molar-refractivity contribution in [3.05, 3.63) is 22.7 Å². The van der Waals surface area contributed by atoms with Gasteiger partial charge in [0.2, 0.25) is 0 Å². The maximum atomic E-state index is 12.9. The summed E-state index contributed by atoms with van der Waals surface area (Å²) < 4.78 is 10.8. The highest BCUT2D eigenvalue weighted by atomic mass is 35.5. The molecule has 2 atom stereocenters. The highest BCUT2D eigenvalue weighted by Gasteiger charge is 2.30. The summed E-state index contributed by atoms with van der Waals surface area (Å²) >= 11 is 6.27. The summed E-state index contributed by atoms with van der Waals surface area (Å²) in [6.45, 7) is 5.73. The Morgan fingerprint density at radius 2 is 2.22 bits per heavy atom. The molecule has 0 aliphatic carbocycles. The molecule has 0 saturated carbocycles. The second kappa shape index (κ2) is 7.88. The maximum Gasteiger partial charge on any atom is 0.254 e. The summed E-state index contributed by atoms with van der Waals surface area (Å²) in [6, 6.07) is 3.40. The molecular formula is C17H25ClN2O3. The van der Waals surface area contributed by atoms with Gasteiger partial charge in [0.15, 0.2) is 11.5 Å². The van der Waals surface area contributed by atoms with E-state index in [1.165, 1.54) is 7.11 Å². The molecule has 1 saturated heterocycles. The lowest BCUT2D eigenvalue weighted by Gasteiger charge is -2.38. The molecule has 1 amide bonds. The van der Waals surface area contributed by atoms with Gasteiger partial charge < -0.3 is 20.1 Å². The van der Waals surface area contributed by atoms with Crippen LogP contribution in [0, 0.1) is 5.92 Å². The quantitative estimate of drug-likeness (QED) is 0.895. The Labute approximate surface area is 142 Å². The number of carbonyl (C=O) groups is 1. The molecule has 1 aromatic carbocycles. The van der Waals surface area contributed by atoms with Gasteiger partial charge in [-0.05, 0) is 37.8 Å². The third-order valence-electron chi connectivity index (χ3n) is 4.28. The van der Waals surface area contributed by atoms with E-state index in [1.54, 1.807) is 12.1 Å². The Bertz CT molecular complexity index is 565. The zero-order valence-corrected chi connectivity index (χ0v) is 14.7. The molecule has 1 aromatic rings. The fourth-order valence-electron chi connectivity index (χ4n) is 3.04. The largest absolute Gasteiger partial charge is 0.493 e. The molecule has 2 N–H and O–H groups in total. The van der Waals surface area contributed by atoms with Crippen LogP contribution >= 0.6 is 11.6 Å². The number of hydrogen-bond acceptors (Lipinski definition) is 4. The van der Waals surface area contributed by atoms with Gasteiger partial charge in [-0.25, -0.2) is 0 Å². The summed E-state index contributed by atoms with van der Waals surface area (Å²) in [7, 11) is 1.54. The predicted molar refractivity (Wildman–Crippen MR) is 91.4 cm³/mol. The Hall–Kier alpha value is -1.46. The van der Waals surface area contributed by atoms with Crippen LogP contribution in [0.3, 0.4) is 0 Å². The van der Waals surface area contributed by atoms with Gasteiger partial charge in [-0.15, -0.1) is 0 Å². The summed E-state index contributed by atoms with van der Waals surface area (Å²) in [5, 5.41) is 0.379. The molecule has 1 aliphatic heterocycles. The van der Waals surface area contributed by atoms with Gasteiger partial charge >= 0.3 is 0 Å². The number of rotatable bonds is 5. The summed E-state index contributed by atoms with van der Waals surface area (Å²) in [5.41, 5.74) is 6.36. The SMILES string of the molecule is CCOc1c(Cl)cc(C(=O)N2CCC(C)CC2CN)cc1OC. The summed E-state index contributed by atoms with van der Waals surface area (Å²) in [5.74, 6) is 1.47. The Morgan fingerprint density at radius 3 is 2.83 bits per heavy atom. The van der Waals surface area contributed by atoms with Gasteiger partial charge in [0.05, 0.1) is 18.7 Å². The fraction of sp³-hybridized carbons (Fsp3) is 0.588. The van der Waals surface area contributed by atoms with Crippen LogP contribution in [-0.2, 0) is 0 Å². The van der Waals surface area contributed by atoms with Crippen molar-refractivity contribution in [2.24, 2.45) is 11.7 Å². The second-order valence-electron chi connectivity index (χ2n) is 5.94. The van der Waals surface area contributed by atoms with Gasteiger partial charge in [-0.1, -0.05) is 18.5 Å². The van der Waals surface area contributed by atoms with E-state index in [9.17, 15) is 4.79 Å². The molecule has 2 unspecified atom stereocenters. The average molecular weight is 341 g/mol. The van der Waals surface area contributed by atoms with Crippen LogP contribution in [0.2, 0.25) is 5.02 Å². The zero-order valence-electron chi connectivity index (χ0n) is 14.0. The predicted octanol–water partition coefficient (Wildman–Crippen LogP) is 2.95. The highest BCUT2D eigenvalue weighted by Crippen LogP contribution is 2.37. The number of carbonyl (C=O) groups excluding carboxylic acids is 1. The summed E-state index contributed by atoms with van der Waals surface area (Å²) in [6.07, 6.45) is 1.92. The normalized spacial score (nSPS) is 21.2. The molecule has 1 heterocycles. The molecule has 0 aromatic heterocycles. The Balaban J connectivity index is 2.30. The van der Waals surface area contributed by atoms with Gasteiger partial charge in [0.1, 0.15) is 0 Å². The fourth-order valence-corrected chi connectivity index (χ4v) is 3.30. The topological polar surface area (TPSA) is 64.8 Å². The first-order chi connectivity index (χ1) is 11.0. The number of piperidine rings is 1. The van der Waals surface area contributed by atoms with E-state index in [4.69, 9.17) is 26.8 Å². The average Bonchev–Trinajstić information content (AvgIpc) is 2.55. The number of methoxy groups -OCH3 is 1. The van der Waals surface area contributed by atoms with Gasteiger partial charge in [0, 0.05) is 24.7 Å². The number of halogens is 1. The summed E-state index contributed by atoms with van der Waals surface area (Å²) in [4.78, 5) is 14.7. The van der Waals surface area contributed by atoms with E-state index in [-0.39, 0.29) is 11.9 Å². The van der Waals surface area contributed by atoms with Crippen LogP contribution in [-0.4, -0.2) is 43.7 Å². The molecular weight excluding hydrogens is 316 g/mol. The third kappa shape index (κ3) is 3.90. The number of hydrogen-bond donors (Lipinski definition) is 1. The first-order valence-corrected chi connectivity index (χ1v) is 8.40. The maximum absolute atomic E-state index is 12.9. The van der Waals surface area contributed by atoms with E-state index in [1.807, 2.05) is 11.8 Å². The third-order valence-corrected chi connectivity index (χ3v) is 4.56. The van der Waals surface area contributed by atoms with E-state index in [0.717, 1.165) is 19.4 Å². The first-order valence-electron chi connectivity index (χ1n) is 8.03. The molecule has 6 heteroatoms. The lowest BCUT2D eigenvalue weighted by molar-refractivity contribution is 0.0573. The van der Waals surface area contributed by atoms with Gasteiger partial charge in [-0.3, -0.25) is 4.79 Å². The number of benzene rings is 1. The number of nitrogens with two attached hydrogens (primary N) is 1. The van der Waals surface area contributed by atoms with Crippen molar-refractivity contribution in [3.63, 3.8) is 0 Å². The Kier molecular flexibility index (Phi) is 6.13. The second-order valence-corrected chi connectivity index (χ2v) is 6.35. The zero-order chi connectivity index (χ0) is 17.0. The molecule has 128 valence electrons. The van der Waals surface area contributed by atoms with Crippen molar-refractivity contribution >= 4 is 17.5 Å². The lowest BCUT2D eigenvalue weighted by Crippen LogP contribution is -2.49. The molecule has 0 radical (unpaired) electrons. The monoisotopic (exact) mass is 340 g/mol. The molecule has 23 heavy (non-hydrogen) atoms.